The molecule has 1 aromatic heterocycles. The van der Waals surface area contributed by atoms with Crippen LogP contribution in [0.4, 0.5) is 0 Å². The highest BCUT2D eigenvalue weighted by molar-refractivity contribution is 5.34. The van der Waals surface area contributed by atoms with Crippen LogP contribution in [0.1, 0.15) is 29.9 Å². The zero-order chi connectivity index (χ0) is 9.59. The van der Waals surface area contributed by atoms with E-state index in [9.17, 15) is 0 Å². The quantitative estimate of drug-likeness (QED) is 0.701. The molecule has 0 radical (unpaired) electrons. The van der Waals surface area contributed by atoms with Crippen LogP contribution >= 0.6 is 0 Å². The van der Waals surface area contributed by atoms with Crippen molar-refractivity contribution in [2.75, 3.05) is 7.05 Å². The molecule has 72 valence electrons. The molecule has 0 spiro atoms. The Hall–Kier alpha value is -0.830. The molecule has 0 fully saturated rings. The molecule has 2 unspecified atom stereocenters. The molecule has 1 aliphatic rings. The molecule has 3 heteroatoms. The Labute approximate surface area is 79.1 Å². The second kappa shape index (κ2) is 2.84. The summed E-state index contributed by atoms with van der Waals surface area (Å²) in [5, 5.41) is 7.89. The number of aromatic nitrogens is 2. The number of aryl methyl sites for hydroxylation is 1. The number of hydrogen-bond acceptors (Lipinski definition) is 2. The molecule has 13 heavy (non-hydrogen) atoms. The van der Waals surface area contributed by atoms with E-state index in [1.54, 1.807) is 0 Å². The third kappa shape index (κ3) is 1.10. The molecule has 2 atom stereocenters. The van der Waals surface area contributed by atoms with Gasteiger partial charge < -0.3 is 5.32 Å². The average molecular weight is 179 g/mol. The molecule has 3 nitrogen and oxygen atoms in total. The first-order valence-corrected chi connectivity index (χ1v) is 4.84. The molecule has 0 saturated carbocycles. The monoisotopic (exact) mass is 179 g/mol. The van der Waals surface area contributed by atoms with Crippen LogP contribution in [-0.2, 0) is 13.5 Å². The first-order valence-electron chi connectivity index (χ1n) is 4.84. The van der Waals surface area contributed by atoms with E-state index in [0.29, 0.717) is 12.0 Å². The van der Waals surface area contributed by atoms with Crippen molar-refractivity contribution in [1.82, 2.24) is 15.1 Å². The van der Waals surface area contributed by atoms with Crippen LogP contribution in [0, 0.1) is 12.8 Å². The van der Waals surface area contributed by atoms with Gasteiger partial charge in [-0.2, -0.15) is 5.10 Å². The number of fused-ring (bicyclic) bond motifs is 1. The van der Waals surface area contributed by atoms with Crippen LogP contribution in [0.25, 0.3) is 0 Å². The predicted molar refractivity (Wildman–Crippen MR) is 52.6 cm³/mol. The van der Waals surface area contributed by atoms with Crippen LogP contribution in [0.5, 0.6) is 0 Å². The van der Waals surface area contributed by atoms with Gasteiger partial charge in [0.25, 0.3) is 0 Å². The molecular formula is C10H17N3. The van der Waals surface area contributed by atoms with Gasteiger partial charge in [-0.3, -0.25) is 4.68 Å². The van der Waals surface area contributed by atoms with Gasteiger partial charge in [-0.25, -0.2) is 0 Å². The fraction of sp³-hybridized carbons (Fsp3) is 0.700. The molecule has 2 rings (SSSR count). The largest absolute Gasteiger partial charge is 0.313 e. The van der Waals surface area contributed by atoms with Crippen LogP contribution in [0.2, 0.25) is 0 Å². The molecule has 1 aliphatic carbocycles. The van der Waals surface area contributed by atoms with Crippen LogP contribution < -0.4 is 5.32 Å². The molecule has 1 aromatic rings. The fourth-order valence-electron chi connectivity index (χ4n) is 2.38. The van der Waals surface area contributed by atoms with Crippen molar-refractivity contribution in [1.29, 1.82) is 0 Å². The number of nitrogens with one attached hydrogen (secondary N) is 1. The van der Waals surface area contributed by atoms with E-state index < -0.39 is 0 Å². The maximum absolute atomic E-state index is 4.52. The second-order valence-electron chi connectivity index (χ2n) is 4.02. The second-order valence-corrected chi connectivity index (χ2v) is 4.02. The van der Waals surface area contributed by atoms with E-state index in [1.165, 1.54) is 17.0 Å². The summed E-state index contributed by atoms with van der Waals surface area (Å²) in [7, 11) is 4.05. The van der Waals surface area contributed by atoms with E-state index in [1.807, 2.05) is 18.8 Å². The summed E-state index contributed by atoms with van der Waals surface area (Å²) in [6.07, 6.45) is 1.11. The highest BCUT2D eigenvalue weighted by atomic mass is 15.3. The van der Waals surface area contributed by atoms with Crippen molar-refractivity contribution in [3.8, 4) is 0 Å². The van der Waals surface area contributed by atoms with E-state index in [2.05, 4.69) is 24.3 Å². The summed E-state index contributed by atoms with van der Waals surface area (Å²) in [5.41, 5.74) is 4.02. The van der Waals surface area contributed by atoms with Gasteiger partial charge in [-0.05, 0) is 26.3 Å². The van der Waals surface area contributed by atoms with E-state index in [-0.39, 0.29) is 0 Å². The minimum atomic E-state index is 0.503. The lowest BCUT2D eigenvalue weighted by atomic mass is 10.0. The fourth-order valence-corrected chi connectivity index (χ4v) is 2.38. The first kappa shape index (κ1) is 8.75. The maximum atomic E-state index is 4.52. The minimum absolute atomic E-state index is 0.503. The molecular weight excluding hydrogens is 162 g/mol. The van der Waals surface area contributed by atoms with Gasteiger partial charge in [0.1, 0.15) is 0 Å². The Morgan fingerprint density at radius 2 is 2.23 bits per heavy atom. The topological polar surface area (TPSA) is 29.9 Å². The lowest BCUT2D eigenvalue weighted by molar-refractivity contribution is 0.438. The Morgan fingerprint density at radius 3 is 2.85 bits per heavy atom. The molecule has 0 amide bonds. The molecule has 0 aliphatic heterocycles. The number of nitrogens with zero attached hydrogens (tertiary/aromatic N) is 2. The third-order valence-corrected chi connectivity index (χ3v) is 3.16. The van der Waals surface area contributed by atoms with Gasteiger partial charge in [0.05, 0.1) is 5.69 Å². The smallest absolute Gasteiger partial charge is 0.0678 e. The summed E-state index contributed by atoms with van der Waals surface area (Å²) in [6, 6.07) is 0.503. The summed E-state index contributed by atoms with van der Waals surface area (Å²) >= 11 is 0. The van der Waals surface area contributed by atoms with Gasteiger partial charge in [-0.1, -0.05) is 6.92 Å². The van der Waals surface area contributed by atoms with Gasteiger partial charge >= 0.3 is 0 Å². The van der Waals surface area contributed by atoms with Crippen molar-refractivity contribution in [2.24, 2.45) is 13.0 Å². The number of hydrogen-bond donors (Lipinski definition) is 1. The van der Waals surface area contributed by atoms with Crippen molar-refractivity contribution in [3.63, 3.8) is 0 Å². The summed E-state index contributed by atoms with van der Waals surface area (Å²) in [4.78, 5) is 0. The summed E-state index contributed by atoms with van der Waals surface area (Å²) in [5.74, 6) is 0.683. The van der Waals surface area contributed by atoms with Crippen molar-refractivity contribution < 1.29 is 0 Å². The van der Waals surface area contributed by atoms with Gasteiger partial charge in [0, 0.05) is 24.3 Å². The van der Waals surface area contributed by atoms with Crippen LogP contribution in [-0.4, -0.2) is 16.8 Å². The van der Waals surface area contributed by atoms with Crippen molar-refractivity contribution >= 4 is 0 Å². The first-order chi connectivity index (χ1) is 6.15. The molecule has 1 heterocycles. The lowest BCUT2D eigenvalue weighted by Crippen LogP contribution is -2.20. The Morgan fingerprint density at radius 1 is 1.54 bits per heavy atom. The highest BCUT2D eigenvalue weighted by Crippen LogP contribution is 2.36. The predicted octanol–water partition coefficient (Wildman–Crippen LogP) is 1.18. The van der Waals surface area contributed by atoms with E-state index in [4.69, 9.17) is 0 Å². The van der Waals surface area contributed by atoms with Gasteiger partial charge in [0.15, 0.2) is 0 Å². The standard InChI is InChI=1S/C10H17N3/c1-6-5-8-9(10(6)11-3)7(2)13(4)12-8/h6,10-11H,5H2,1-4H3. The van der Waals surface area contributed by atoms with Crippen molar-refractivity contribution in [3.05, 3.63) is 17.0 Å². The minimum Gasteiger partial charge on any atom is -0.313 e. The summed E-state index contributed by atoms with van der Waals surface area (Å²) < 4.78 is 1.99. The zero-order valence-electron chi connectivity index (χ0n) is 8.76. The number of rotatable bonds is 1. The third-order valence-electron chi connectivity index (χ3n) is 3.16. The maximum Gasteiger partial charge on any atom is 0.0678 e. The van der Waals surface area contributed by atoms with Crippen LogP contribution in [0.3, 0.4) is 0 Å². The molecule has 0 saturated heterocycles. The van der Waals surface area contributed by atoms with E-state index in [0.717, 1.165) is 6.42 Å². The molecule has 0 bridgehead atoms. The van der Waals surface area contributed by atoms with Gasteiger partial charge in [-0.15, -0.1) is 0 Å². The Bertz CT molecular complexity index is 327. The SMILES string of the molecule is CNC1c2c(nn(C)c2C)CC1C. The van der Waals surface area contributed by atoms with Gasteiger partial charge in [0.2, 0.25) is 0 Å². The van der Waals surface area contributed by atoms with Crippen LogP contribution in [0.15, 0.2) is 0 Å². The Kier molecular flexibility index (Phi) is 1.91. The Balaban J connectivity index is 2.48. The van der Waals surface area contributed by atoms with E-state index >= 15 is 0 Å². The van der Waals surface area contributed by atoms with Crippen molar-refractivity contribution in [2.45, 2.75) is 26.3 Å². The average Bonchev–Trinajstić information content (AvgIpc) is 2.51. The lowest BCUT2D eigenvalue weighted by Gasteiger charge is -2.16. The molecule has 0 aromatic carbocycles. The summed E-state index contributed by atoms with van der Waals surface area (Å²) in [6.45, 7) is 4.43. The normalized spacial score (nSPS) is 26.5. The highest BCUT2D eigenvalue weighted by Gasteiger charge is 2.32. The molecule has 1 N–H and O–H groups in total. The zero-order valence-corrected chi connectivity index (χ0v) is 8.76.